The van der Waals surface area contributed by atoms with Gasteiger partial charge in [0.1, 0.15) is 0 Å². The van der Waals surface area contributed by atoms with Crippen molar-refractivity contribution in [2.75, 3.05) is 13.7 Å². The van der Waals surface area contributed by atoms with Crippen molar-refractivity contribution >= 4 is 5.57 Å². The maximum Gasteiger partial charge on any atom is 0.0572 e. The first-order chi connectivity index (χ1) is 8.33. The van der Waals surface area contributed by atoms with E-state index in [9.17, 15) is 0 Å². The van der Waals surface area contributed by atoms with E-state index in [1.165, 1.54) is 22.3 Å². The molecule has 1 aliphatic carbocycles. The van der Waals surface area contributed by atoms with Gasteiger partial charge in [0.05, 0.1) is 6.61 Å². The smallest absolute Gasteiger partial charge is 0.0572 e. The molecule has 0 saturated heterocycles. The lowest BCUT2D eigenvalue weighted by molar-refractivity contribution is 0.190. The van der Waals surface area contributed by atoms with Crippen LogP contribution < -0.4 is 0 Å². The van der Waals surface area contributed by atoms with E-state index < -0.39 is 0 Å². The number of ether oxygens (including phenoxy) is 1. The molecule has 1 aromatic rings. The summed E-state index contributed by atoms with van der Waals surface area (Å²) in [5, 5.41) is 0. The average molecular weight is 226 g/mol. The monoisotopic (exact) mass is 226 g/mol. The SMILES string of the molecule is C=C/C=C1\C(=C/C)C(COC)c2ccccc21. The highest BCUT2D eigenvalue weighted by Crippen LogP contribution is 2.45. The number of methoxy groups -OCH3 is 1. The molecule has 0 aliphatic heterocycles. The Morgan fingerprint density at radius 3 is 2.76 bits per heavy atom. The van der Waals surface area contributed by atoms with Gasteiger partial charge >= 0.3 is 0 Å². The Kier molecular flexibility index (Phi) is 3.60. The standard InChI is InChI=1S/C16H18O/c1-4-8-13-12(5-2)16(11-17-3)15-10-7-6-9-14(13)15/h4-10,16H,1,11H2,2-3H3/b12-5+,13-8+. The van der Waals surface area contributed by atoms with Gasteiger partial charge in [-0.05, 0) is 29.2 Å². The van der Waals surface area contributed by atoms with E-state index in [2.05, 4.69) is 49.9 Å². The van der Waals surface area contributed by atoms with Gasteiger partial charge in [-0.1, -0.05) is 49.1 Å². The van der Waals surface area contributed by atoms with Crippen LogP contribution in [0.1, 0.15) is 24.0 Å². The molecule has 0 N–H and O–H groups in total. The first-order valence-corrected chi connectivity index (χ1v) is 5.91. The average Bonchev–Trinajstić information content (AvgIpc) is 2.65. The maximum atomic E-state index is 5.35. The van der Waals surface area contributed by atoms with Crippen molar-refractivity contribution in [1.29, 1.82) is 0 Å². The third-order valence-corrected chi connectivity index (χ3v) is 3.24. The summed E-state index contributed by atoms with van der Waals surface area (Å²) in [5.74, 6) is 0.354. The van der Waals surface area contributed by atoms with Crippen molar-refractivity contribution < 1.29 is 4.74 Å². The molecule has 1 aliphatic rings. The minimum absolute atomic E-state index is 0.354. The zero-order valence-electron chi connectivity index (χ0n) is 10.4. The second-order valence-corrected chi connectivity index (χ2v) is 4.16. The zero-order valence-corrected chi connectivity index (χ0v) is 10.4. The van der Waals surface area contributed by atoms with Crippen LogP contribution >= 0.6 is 0 Å². The fraction of sp³-hybridized carbons (Fsp3) is 0.250. The van der Waals surface area contributed by atoms with E-state index in [0.717, 1.165) is 6.61 Å². The van der Waals surface area contributed by atoms with Crippen molar-refractivity contribution in [3.63, 3.8) is 0 Å². The van der Waals surface area contributed by atoms with Gasteiger partial charge in [0, 0.05) is 13.0 Å². The highest BCUT2D eigenvalue weighted by molar-refractivity contribution is 5.88. The van der Waals surface area contributed by atoms with E-state index in [4.69, 9.17) is 4.74 Å². The van der Waals surface area contributed by atoms with Crippen LogP contribution in [0.5, 0.6) is 0 Å². The second-order valence-electron chi connectivity index (χ2n) is 4.16. The van der Waals surface area contributed by atoms with Gasteiger partial charge in [-0.15, -0.1) is 0 Å². The molecule has 0 spiro atoms. The quantitative estimate of drug-likeness (QED) is 0.758. The summed E-state index contributed by atoms with van der Waals surface area (Å²) in [5.41, 5.74) is 5.28. The van der Waals surface area contributed by atoms with Gasteiger partial charge in [-0.2, -0.15) is 0 Å². The van der Waals surface area contributed by atoms with Crippen LogP contribution in [0.4, 0.5) is 0 Å². The molecule has 88 valence electrons. The van der Waals surface area contributed by atoms with Crippen molar-refractivity contribution in [3.05, 3.63) is 65.8 Å². The second kappa shape index (κ2) is 5.15. The number of hydrogen-bond acceptors (Lipinski definition) is 1. The van der Waals surface area contributed by atoms with Crippen molar-refractivity contribution in [2.45, 2.75) is 12.8 Å². The minimum Gasteiger partial charge on any atom is -0.384 e. The molecule has 1 heteroatoms. The molecule has 17 heavy (non-hydrogen) atoms. The highest BCUT2D eigenvalue weighted by atomic mass is 16.5. The normalized spacial score (nSPS) is 23.1. The van der Waals surface area contributed by atoms with Gasteiger partial charge in [0.25, 0.3) is 0 Å². The molecular weight excluding hydrogens is 208 g/mol. The van der Waals surface area contributed by atoms with Crippen LogP contribution in [0.3, 0.4) is 0 Å². The fourth-order valence-electron chi connectivity index (χ4n) is 2.56. The molecule has 1 nitrogen and oxygen atoms in total. The molecule has 1 unspecified atom stereocenters. The zero-order chi connectivity index (χ0) is 12.3. The summed E-state index contributed by atoms with van der Waals surface area (Å²) in [4.78, 5) is 0. The van der Waals surface area contributed by atoms with Crippen LogP contribution in [-0.2, 0) is 4.74 Å². The van der Waals surface area contributed by atoms with E-state index in [-0.39, 0.29) is 0 Å². The Labute approximate surface area is 103 Å². The maximum absolute atomic E-state index is 5.35. The van der Waals surface area contributed by atoms with Crippen molar-refractivity contribution in [1.82, 2.24) is 0 Å². The summed E-state index contributed by atoms with van der Waals surface area (Å²) in [6.45, 7) is 6.61. The molecule has 0 fully saturated rings. The van der Waals surface area contributed by atoms with Crippen LogP contribution in [0, 0.1) is 0 Å². The lowest BCUT2D eigenvalue weighted by atomic mass is 9.97. The lowest BCUT2D eigenvalue weighted by Gasteiger charge is -2.12. The number of fused-ring (bicyclic) bond motifs is 1. The predicted octanol–water partition coefficient (Wildman–Crippen LogP) is 3.95. The molecule has 0 amide bonds. The molecular formula is C16H18O. The van der Waals surface area contributed by atoms with Gasteiger partial charge in [0.2, 0.25) is 0 Å². The summed E-state index contributed by atoms with van der Waals surface area (Å²) < 4.78 is 5.35. The number of hydrogen-bond donors (Lipinski definition) is 0. The van der Waals surface area contributed by atoms with Crippen LogP contribution in [0.25, 0.3) is 5.57 Å². The first-order valence-electron chi connectivity index (χ1n) is 5.91. The van der Waals surface area contributed by atoms with Gasteiger partial charge in [-0.25, -0.2) is 0 Å². The van der Waals surface area contributed by atoms with Crippen molar-refractivity contribution in [2.24, 2.45) is 0 Å². The molecule has 0 radical (unpaired) electrons. The Morgan fingerprint density at radius 1 is 1.35 bits per heavy atom. The molecule has 0 aromatic heterocycles. The van der Waals surface area contributed by atoms with Gasteiger partial charge < -0.3 is 4.74 Å². The molecule has 2 rings (SSSR count). The minimum atomic E-state index is 0.354. The summed E-state index contributed by atoms with van der Waals surface area (Å²) in [6.07, 6.45) is 6.12. The Bertz CT molecular complexity index is 480. The first kappa shape index (κ1) is 11.9. The van der Waals surface area contributed by atoms with Crippen molar-refractivity contribution in [3.8, 4) is 0 Å². The van der Waals surface area contributed by atoms with Crippen LogP contribution in [0.15, 0.2) is 54.6 Å². The largest absolute Gasteiger partial charge is 0.384 e. The summed E-state index contributed by atoms with van der Waals surface area (Å²) >= 11 is 0. The van der Waals surface area contributed by atoms with E-state index >= 15 is 0 Å². The molecule has 0 bridgehead atoms. The molecule has 1 aromatic carbocycles. The topological polar surface area (TPSA) is 9.23 Å². The lowest BCUT2D eigenvalue weighted by Crippen LogP contribution is -2.04. The van der Waals surface area contributed by atoms with E-state index in [0.29, 0.717) is 5.92 Å². The van der Waals surface area contributed by atoms with Gasteiger partial charge in [0.15, 0.2) is 0 Å². The Balaban J connectivity index is 2.58. The highest BCUT2D eigenvalue weighted by Gasteiger charge is 2.29. The van der Waals surface area contributed by atoms with E-state index in [1.807, 2.05) is 6.08 Å². The predicted molar refractivity (Wildman–Crippen MR) is 73.0 cm³/mol. The van der Waals surface area contributed by atoms with Gasteiger partial charge in [-0.3, -0.25) is 0 Å². The van der Waals surface area contributed by atoms with E-state index in [1.54, 1.807) is 7.11 Å². The summed E-state index contributed by atoms with van der Waals surface area (Å²) in [7, 11) is 1.76. The van der Waals surface area contributed by atoms with Crippen LogP contribution in [0.2, 0.25) is 0 Å². The fourth-order valence-corrected chi connectivity index (χ4v) is 2.56. The molecule has 1 atom stereocenters. The van der Waals surface area contributed by atoms with Crippen LogP contribution in [-0.4, -0.2) is 13.7 Å². The Morgan fingerprint density at radius 2 is 2.12 bits per heavy atom. The summed E-state index contributed by atoms with van der Waals surface area (Å²) in [6, 6.07) is 8.53. The number of benzene rings is 1. The number of rotatable bonds is 3. The third-order valence-electron chi connectivity index (χ3n) is 3.24. The molecule has 0 heterocycles. The Hall–Kier alpha value is -1.60. The molecule has 0 saturated carbocycles. The third kappa shape index (κ3) is 1.98. The number of allylic oxidation sites excluding steroid dienone is 4.